The van der Waals surface area contributed by atoms with Crippen molar-refractivity contribution in [3.05, 3.63) is 56.7 Å². The van der Waals surface area contributed by atoms with E-state index in [1.165, 1.54) is 12.1 Å². The third-order valence-electron chi connectivity index (χ3n) is 2.35. The summed E-state index contributed by atoms with van der Waals surface area (Å²) in [6.45, 7) is 0. The molecule has 6 heteroatoms. The second kappa shape index (κ2) is 5.71. The molecule has 2 aromatic rings. The fourth-order valence-corrected chi connectivity index (χ4v) is 2.36. The third kappa shape index (κ3) is 3.33. The van der Waals surface area contributed by atoms with Gasteiger partial charge in [-0.05, 0) is 62.2 Å². The summed E-state index contributed by atoms with van der Waals surface area (Å²) < 4.78 is 20.0. The summed E-state index contributed by atoms with van der Waals surface area (Å²) in [4.78, 5) is 0. The lowest BCUT2D eigenvalue weighted by Crippen LogP contribution is -2.11. The maximum Gasteiger partial charge on any atom is 0.144 e. The van der Waals surface area contributed by atoms with Crippen LogP contribution in [0.25, 0.3) is 0 Å². The van der Waals surface area contributed by atoms with Crippen LogP contribution in [0.2, 0.25) is 0 Å². The zero-order chi connectivity index (χ0) is 14.0. The van der Waals surface area contributed by atoms with Gasteiger partial charge < -0.3 is 10.5 Å². The standard InChI is InChI=1S/C13H9Br2FN2O/c14-10-4-1-7(16)5-12(10)19-8-2-3-9(13(17)18)11(15)6-8/h1-6H,(H3,17,18). The summed E-state index contributed by atoms with van der Waals surface area (Å²) >= 11 is 6.59. The first-order chi connectivity index (χ1) is 8.97. The molecule has 2 rings (SSSR count). The molecule has 0 aliphatic carbocycles. The molecular weight excluding hydrogens is 379 g/mol. The maximum absolute atomic E-state index is 13.1. The lowest BCUT2D eigenvalue weighted by atomic mass is 10.2. The molecular formula is C13H9Br2FN2O. The largest absolute Gasteiger partial charge is 0.456 e. The molecule has 3 N–H and O–H groups in total. The number of benzene rings is 2. The molecule has 19 heavy (non-hydrogen) atoms. The van der Waals surface area contributed by atoms with E-state index in [2.05, 4.69) is 31.9 Å². The normalized spacial score (nSPS) is 10.3. The van der Waals surface area contributed by atoms with Gasteiger partial charge in [-0.1, -0.05) is 0 Å². The number of hydrogen-bond acceptors (Lipinski definition) is 2. The highest BCUT2D eigenvalue weighted by molar-refractivity contribution is 9.10. The Morgan fingerprint density at radius 2 is 1.84 bits per heavy atom. The predicted molar refractivity (Wildman–Crippen MR) is 79.3 cm³/mol. The summed E-state index contributed by atoms with van der Waals surface area (Å²) in [7, 11) is 0. The van der Waals surface area contributed by atoms with Gasteiger partial charge in [-0.15, -0.1) is 0 Å². The molecule has 0 saturated heterocycles. The number of hydrogen-bond donors (Lipinski definition) is 2. The number of rotatable bonds is 3. The van der Waals surface area contributed by atoms with E-state index >= 15 is 0 Å². The van der Waals surface area contributed by atoms with E-state index < -0.39 is 0 Å². The Kier molecular flexibility index (Phi) is 4.21. The zero-order valence-corrected chi connectivity index (χ0v) is 12.8. The van der Waals surface area contributed by atoms with Crippen LogP contribution < -0.4 is 10.5 Å². The minimum absolute atomic E-state index is 0.0367. The van der Waals surface area contributed by atoms with Gasteiger partial charge in [-0.2, -0.15) is 0 Å². The van der Waals surface area contributed by atoms with E-state index in [1.807, 2.05) is 0 Å². The van der Waals surface area contributed by atoms with E-state index in [4.69, 9.17) is 15.9 Å². The molecule has 0 radical (unpaired) electrons. The van der Waals surface area contributed by atoms with Crippen molar-refractivity contribution in [1.82, 2.24) is 0 Å². The van der Waals surface area contributed by atoms with Crippen LogP contribution in [-0.4, -0.2) is 5.84 Å². The van der Waals surface area contributed by atoms with Crippen LogP contribution in [0.15, 0.2) is 45.3 Å². The molecule has 0 heterocycles. The average molecular weight is 388 g/mol. The molecule has 98 valence electrons. The van der Waals surface area contributed by atoms with Gasteiger partial charge in [0.15, 0.2) is 0 Å². The number of ether oxygens (including phenoxy) is 1. The van der Waals surface area contributed by atoms with Crippen molar-refractivity contribution in [3.8, 4) is 11.5 Å². The first kappa shape index (κ1) is 14.0. The van der Waals surface area contributed by atoms with Gasteiger partial charge in [0.05, 0.1) is 4.47 Å². The molecule has 0 aliphatic rings. The van der Waals surface area contributed by atoms with Crippen molar-refractivity contribution >= 4 is 37.7 Å². The van der Waals surface area contributed by atoms with Crippen LogP contribution in [0, 0.1) is 11.2 Å². The Labute approximate surface area is 126 Å². The quantitative estimate of drug-likeness (QED) is 0.604. The fourth-order valence-electron chi connectivity index (χ4n) is 1.46. The Morgan fingerprint density at radius 3 is 2.47 bits per heavy atom. The fraction of sp³-hybridized carbons (Fsp3) is 0. The van der Waals surface area contributed by atoms with Gasteiger partial charge in [0, 0.05) is 16.1 Å². The van der Waals surface area contributed by atoms with Crippen LogP contribution in [0.1, 0.15) is 5.56 Å². The van der Waals surface area contributed by atoms with Gasteiger partial charge in [-0.25, -0.2) is 4.39 Å². The molecule has 0 spiro atoms. The van der Waals surface area contributed by atoms with Crippen LogP contribution >= 0.6 is 31.9 Å². The lowest BCUT2D eigenvalue weighted by Gasteiger charge is -2.09. The van der Waals surface area contributed by atoms with Crippen molar-refractivity contribution in [3.63, 3.8) is 0 Å². The summed E-state index contributed by atoms with van der Waals surface area (Å²) in [6.07, 6.45) is 0. The van der Waals surface area contributed by atoms with Gasteiger partial charge in [0.1, 0.15) is 23.2 Å². The minimum Gasteiger partial charge on any atom is -0.456 e. The monoisotopic (exact) mass is 386 g/mol. The highest BCUT2D eigenvalue weighted by Crippen LogP contribution is 2.32. The Hall–Kier alpha value is -1.40. The number of nitrogen functional groups attached to an aromatic ring is 1. The smallest absolute Gasteiger partial charge is 0.144 e. The first-order valence-corrected chi connectivity index (χ1v) is 6.83. The number of nitrogens with one attached hydrogen (secondary N) is 1. The van der Waals surface area contributed by atoms with E-state index in [-0.39, 0.29) is 11.7 Å². The summed E-state index contributed by atoms with van der Waals surface area (Å²) in [5, 5.41) is 7.38. The topological polar surface area (TPSA) is 59.1 Å². The van der Waals surface area contributed by atoms with Crippen molar-refractivity contribution in [2.75, 3.05) is 0 Å². The van der Waals surface area contributed by atoms with Crippen molar-refractivity contribution < 1.29 is 9.13 Å². The molecule has 0 saturated carbocycles. The maximum atomic E-state index is 13.1. The number of nitrogens with two attached hydrogens (primary N) is 1. The predicted octanol–water partition coefficient (Wildman–Crippen LogP) is 4.43. The molecule has 0 aliphatic heterocycles. The SMILES string of the molecule is N=C(N)c1ccc(Oc2cc(F)ccc2Br)cc1Br. The molecule has 0 unspecified atom stereocenters. The molecule has 0 amide bonds. The van der Waals surface area contributed by atoms with Gasteiger partial charge in [0.25, 0.3) is 0 Å². The van der Waals surface area contributed by atoms with Crippen LogP contribution in [0.4, 0.5) is 4.39 Å². The van der Waals surface area contributed by atoms with Gasteiger partial charge >= 0.3 is 0 Å². The van der Waals surface area contributed by atoms with Crippen LogP contribution in [-0.2, 0) is 0 Å². The molecule has 0 fully saturated rings. The Morgan fingerprint density at radius 1 is 1.11 bits per heavy atom. The average Bonchev–Trinajstić information content (AvgIpc) is 2.33. The Bertz CT molecular complexity index is 647. The van der Waals surface area contributed by atoms with Crippen molar-refractivity contribution in [2.24, 2.45) is 5.73 Å². The molecule has 3 nitrogen and oxygen atoms in total. The second-order valence-corrected chi connectivity index (χ2v) is 5.44. The number of halogens is 3. The van der Waals surface area contributed by atoms with Crippen molar-refractivity contribution in [2.45, 2.75) is 0 Å². The lowest BCUT2D eigenvalue weighted by molar-refractivity contribution is 0.473. The van der Waals surface area contributed by atoms with Gasteiger partial charge in [-0.3, -0.25) is 5.41 Å². The molecule has 2 aromatic carbocycles. The third-order valence-corrected chi connectivity index (χ3v) is 3.66. The summed E-state index contributed by atoms with van der Waals surface area (Å²) in [5.41, 5.74) is 5.99. The van der Waals surface area contributed by atoms with E-state index in [0.717, 1.165) is 0 Å². The van der Waals surface area contributed by atoms with E-state index in [0.29, 0.717) is 26.0 Å². The van der Waals surface area contributed by atoms with E-state index in [1.54, 1.807) is 24.3 Å². The molecule has 0 atom stereocenters. The van der Waals surface area contributed by atoms with Crippen LogP contribution in [0.3, 0.4) is 0 Å². The zero-order valence-electron chi connectivity index (χ0n) is 9.58. The summed E-state index contributed by atoms with van der Waals surface area (Å²) in [6, 6.07) is 9.20. The van der Waals surface area contributed by atoms with Crippen LogP contribution in [0.5, 0.6) is 11.5 Å². The molecule has 0 bridgehead atoms. The highest BCUT2D eigenvalue weighted by Gasteiger charge is 2.08. The minimum atomic E-state index is -0.377. The van der Waals surface area contributed by atoms with Gasteiger partial charge in [0.2, 0.25) is 0 Å². The second-order valence-electron chi connectivity index (χ2n) is 3.73. The van der Waals surface area contributed by atoms with Crippen molar-refractivity contribution in [1.29, 1.82) is 5.41 Å². The summed E-state index contributed by atoms with van der Waals surface area (Å²) in [5.74, 6) is 0.480. The Balaban J connectivity index is 2.31. The first-order valence-electron chi connectivity index (χ1n) is 5.24. The number of amidine groups is 1. The van der Waals surface area contributed by atoms with E-state index in [9.17, 15) is 4.39 Å². The highest BCUT2D eigenvalue weighted by atomic mass is 79.9. The molecule has 0 aromatic heterocycles.